The van der Waals surface area contributed by atoms with Crippen molar-refractivity contribution in [1.29, 1.82) is 0 Å². The number of nitrogens with zero attached hydrogens (tertiary/aromatic N) is 2. The van der Waals surface area contributed by atoms with Gasteiger partial charge in [0.2, 0.25) is 0 Å². The Balaban J connectivity index is 1.79. The zero-order valence-electron chi connectivity index (χ0n) is 11.4. The van der Waals surface area contributed by atoms with Crippen LogP contribution in [0.3, 0.4) is 0 Å². The topological polar surface area (TPSA) is 20.2 Å². The lowest BCUT2D eigenvalue weighted by Gasteiger charge is -2.27. The van der Waals surface area contributed by atoms with E-state index < -0.39 is 0 Å². The predicted octanol–water partition coefficient (Wildman–Crippen LogP) is 1.48. The fourth-order valence-corrected chi connectivity index (χ4v) is 2.61. The van der Waals surface area contributed by atoms with Gasteiger partial charge in [-0.25, -0.2) is 0 Å². The second-order valence-electron chi connectivity index (χ2n) is 5.15. The molecule has 1 aliphatic rings. The summed E-state index contributed by atoms with van der Waals surface area (Å²) in [5, 5.41) is 3.40. The lowest BCUT2D eigenvalue weighted by molar-refractivity contribution is 0.238. The molecule has 3 nitrogen and oxygen atoms in total. The van der Waals surface area contributed by atoms with Crippen LogP contribution in [0.5, 0.6) is 0 Å². The minimum atomic E-state index is 1.16. The number of rotatable bonds is 4. The molecule has 96 valence electrons. The highest BCUT2D eigenvalue weighted by molar-refractivity contribution is 5.26. The van der Waals surface area contributed by atoms with Gasteiger partial charge in [-0.3, -0.25) is 0 Å². The largest absolute Gasteiger partial charge is 0.352 e. The smallest absolute Gasteiger partial charge is 0.0175 e. The van der Waals surface area contributed by atoms with E-state index in [0.29, 0.717) is 0 Å². The maximum atomic E-state index is 3.40. The maximum absolute atomic E-state index is 3.40. The van der Waals surface area contributed by atoms with Gasteiger partial charge in [0.25, 0.3) is 0 Å². The van der Waals surface area contributed by atoms with Gasteiger partial charge in [-0.15, -0.1) is 0 Å². The number of aryl methyl sites for hydroxylation is 2. The van der Waals surface area contributed by atoms with Crippen molar-refractivity contribution >= 4 is 0 Å². The van der Waals surface area contributed by atoms with Crippen molar-refractivity contribution in [3.63, 3.8) is 0 Å². The molecule has 0 atom stereocenters. The van der Waals surface area contributed by atoms with Crippen LogP contribution in [0.25, 0.3) is 0 Å². The van der Waals surface area contributed by atoms with Gasteiger partial charge in [0.15, 0.2) is 0 Å². The standard InChI is InChI=1S/C14H25N3/c1-12-11-14(13(2)16(12)3)5-4-8-17-9-6-15-7-10-17/h11,15H,4-10H2,1-3H3. The molecule has 3 heteroatoms. The second-order valence-corrected chi connectivity index (χ2v) is 5.15. The van der Waals surface area contributed by atoms with Crippen molar-refractivity contribution in [2.45, 2.75) is 26.7 Å². The molecular formula is C14H25N3. The Labute approximate surface area is 105 Å². The zero-order chi connectivity index (χ0) is 12.3. The molecule has 0 bridgehead atoms. The molecule has 1 fully saturated rings. The van der Waals surface area contributed by atoms with Crippen LogP contribution in [0.2, 0.25) is 0 Å². The normalized spacial score (nSPS) is 17.6. The first-order valence-electron chi connectivity index (χ1n) is 6.73. The third kappa shape index (κ3) is 3.11. The predicted molar refractivity (Wildman–Crippen MR) is 72.5 cm³/mol. The Morgan fingerprint density at radius 1 is 1.24 bits per heavy atom. The minimum Gasteiger partial charge on any atom is -0.352 e. The van der Waals surface area contributed by atoms with Crippen LogP contribution in [-0.2, 0) is 13.5 Å². The molecule has 0 amide bonds. The zero-order valence-corrected chi connectivity index (χ0v) is 11.4. The third-order valence-electron chi connectivity index (χ3n) is 4.01. The first-order valence-corrected chi connectivity index (χ1v) is 6.73. The molecule has 2 heterocycles. The van der Waals surface area contributed by atoms with Crippen molar-refractivity contribution in [2.24, 2.45) is 7.05 Å². The van der Waals surface area contributed by atoms with Crippen molar-refractivity contribution < 1.29 is 0 Å². The van der Waals surface area contributed by atoms with Crippen LogP contribution < -0.4 is 5.32 Å². The summed E-state index contributed by atoms with van der Waals surface area (Å²) < 4.78 is 2.29. The number of hydrogen-bond donors (Lipinski definition) is 1. The van der Waals surface area contributed by atoms with E-state index in [0.717, 1.165) is 13.1 Å². The van der Waals surface area contributed by atoms with Crippen molar-refractivity contribution in [3.8, 4) is 0 Å². The highest BCUT2D eigenvalue weighted by Gasteiger charge is 2.10. The molecule has 1 N–H and O–H groups in total. The van der Waals surface area contributed by atoms with E-state index in [2.05, 4.69) is 41.7 Å². The molecule has 0 saturated carbocycles. The Morgan fingerprint density at radius 2 is 1.94 bits per heavy atom. The van der Waals surface area contributed by atoms with E-state index in [1.54, 1.807) is 0 Å². The van der Waals surface area contributed by atoms with Crippen molar-refractivity contribution in [1.82, 2.24) is 14.8 Å². The summed E-state index contributed by atoms with van der Waals surface area (Å²) in [5.74, 6) is 0. The molecular weight excluding hydrogens is 210 g/mol. The van der Waals surface area contributed by atoms with Gasteiger partial charge in [0.05, 0.1) is 0 Å². The molecule has 0 aromatic carbocycles. The SMILES string of the molecule is Cc1cc(CCCN2CCNCC2)c(C)n1C. The molecule has 1 saturated heterocycles. The summed E-state index contributed by atoms with van der Waals surface area (Å²) in [7, 11) is 2.16. The van der Waals surface area contributed by atoms with Crippen LogP contribution >= 0.6 is 0 Å². The Hall–Kier alpha value is -0.800. The quantitative estimate of drug-likeness (QED) is 0.853. The molecule has 1 aliphatic heterocycles. The molecule has 0 unspecified atom stereocenters. The minimum absolute atomic E-state index is 1.16. The molecule has 0 aliphatic carbocycles. The number of aromatic nitrogens is 1. The fourth-order valence-electron chi connectivity index (χ4n) is 2.61. The second kappa shape index (κ2) is 5.69. The van der Waals surface area contributed by atoms with E-state index >= 15 is 0 Å². The number of hydrogen-bond acceptors (Lipinski definition) is 2. The van der Waals surface area contributed by atoms with Crippen LogP contribution in [0.1, 0.15) is 23.4 Å². The van der Waals surface area contributed by atoms with Crippen LogP contribution in [-0.4, -0.2) is 42.2 Å². The highest BCUT2D eigenvalue weighted by Crippen LogP contribution is 2.15. The summed E-state index contributed by atoms with van der Waals surface area (Å²) in [6, 6.07) is 2.34. The first kappa shape index (κ1) is 12.7. The number of nitrogens with one attached hydrogen (secondary N) is 1. The van der Waals surface area contributed by atoms with Gasteiger partial charge in [-0.1, -0.05) is 0 Å². The van der Waals surface area contributed by atoms with Gasteiger partial charge in [0, 0.05) is 44.6 Å². The van der Waals surface area contributed by atoms with Crippen molar-refractivity contribution in [2.75, 3.05) is 32.7 Å². The fraction of sp³-hybridized carbons (Fsp3) is 0.714. The monoisotopic (exact) mass is 235 g/mol. The van der Waals surface area contributed by atoms with Gasteiger partial charge >= 0.3 is 0 Å². The van der Waals surface area contributed by atoms with Crippen LogP contribution in [0.4, 0.5) is 0 Å². The van der Waals surface area contributed by atoms with Crippen molar-refractivity contribution in [3.05, 3.63) is 23.0 Å². The lowest BCUT2D eigenvalue weighted by atomic mass is 10.1. The Bertz CT molecular complexity index is 362. The van der Waals surface area contributed by atoms with Gasteiger partial charge in [-0.2, -0.15) is 0 Å². The Morgan fingerprint density at radius 3 is 2.53 bits per heavy atom. The molecule has 0 spiro atoms. The Kier molecular flexibility index (Phi) is 4.24. The highest BCUT2D eigenvalue weighted by atomic mass is 15.2. The van der Waals surface area contributed by atoms with E-state index in [1.807, 2.05) is 0 Å². The summed E-state index contributed by atoms with van der Waals surface area (Å²) in [4.78, 5) is 2.57. The summed E-state index contributed by atoms with van der Waals surface area (Å²) in [6.45, 7) is 10.4. The van der Waals surface area contributed by atoms with E-state index in [4.69, 9.17) is 0 Å². The summed E-state index contributed by atoms with van der Waals surface area (Å²) >= 11 is 0. The van der Waals surface area contributed by atoms with Crippen LogP contribution in [0.15, 0.2) is 6.07 Å². The van der Waals surface area contributed by atoms with E-state index in [-0.39, 0.29) is 0 Å². The summed E-state index contributed by atoms with van der Waals surface area (Å²) in [6.07, 6.45) is 2.50. The van der Waals surface area contributed by atoms with Gasteiger partial charge in [-0.05, 0) is 44.9 Å². The maximum Gasteiger partial charge on any atom is 0.0175 e. The number of piperazine rings is 1. The van der Waals surface area contributed by atoms with Gasteiger partial charge in [0.1, 0.15) is 0 Å². The third-order valence-corrected chi connectivity index (χ3v) is 4.01. The lowest BCUT2D eigenvalue weighted by Crippen LogP contribution is -2.43. The molecule has 0 radical (unpaired) electrons. The van der Waals surface area contributed by atoms with E-state index in [1.165, 1.54) is 49.4 Å². The average molecular weight is 235 g/mol. The van der Waals surface area contributed by atoms with E-state index in [9.17, 15) is 0 Å². The average Bonchev–Trinajstić information content (AvgIpc) is 2.59. The van der Waals surface area contributed by atoms with Crippen LogP contribution in [0, 0.1) is 13.8 Å². The molecule has 17 heavy (non-hydrogen) atoms. The molecule has 2 rings (SSSR count). The summed E-state index contributed by atoms with van der Waals surface area (Å²) in [5.41, 5.74) is 4.34. The van der Waals surface area contributed by atoms with Gasteiger partial charge < -0.3 is 14.8 Å². The molecule has 1 aromatic heterocycles. The molecule has 1 aromatic rings. The first-order chi connectivity index (χ1) is 8.18.